The minimum absolute atomic E-state index is 0.262. The van der Waals surface area contributed by atoms with Gasteiger partial charge in [-0.2, -0.15) is 5.10 Å². The maximum absolute atomic E-state index is 12.3. The number of aromatic nitrogens is 2. The van der Waals surface area contributed by atoms with Crippen LogP contribution in [-0.4, -0.2) is 35.4 Å². The fraction of sp³-hybridized carbons (Fsp3) is 0.333. The number of nitrogens with zero attached hydrogens (tertiary/aromatic N) is 2. The molecule has 0 aliphatic carbocycles. The molecule has 0 spiro atoms. The molecule has 1 fully saturated rings. The van der Waals surface area contributed by atoms with Crippen molar-refractivity contribution in [1.82, 2.24) is 15.3 Å². The fourth-order valence-electron chi connectivity index (χ4n) is 3.38. The van der Waals surface area contributed by atoms with E-state index in [9.17, 15) is 4.79 Å². The van der Waals surface area contributed by atoms with Gasteiger partial charge in [0, 0.05) is 19.2 Å². The number of hydrogen-bond donors (Lipinski definition) is 1. The molecule has 0 saturated carbocycles. The summed E-state index contributed by atoms with van der Waals surface area (Å²) in [5.41, 5.74) is 4.38. The maximum atomic E-state index is 12.3. The van der Waals surface area contributed by atoms with Crippen LogP contribution in [0, 0.1) is 0 Å². The second-order valence-electron chi connectivity index (χ2n) is 7.10. The molecular weight excluding hydrogens is 406 g/mol. The van der Waals surface area contributed by atoms with Gasteiger partial charge in [0.1, 0.15) is 5.69 Å². The number of rotatable bonds is 6. The van der Waals surface area contributed by atoms with Gasteiger partial charge in [0.15, 0.2) is 17.8 Å². The average molecular weight is 427 g/mol. The van der Waals surface area contributed by atoms with E-state index in [1.165, 1.54) is 11.3 Å². The van der Waals surface area contributed by atoms with Crippen LogP contribution < -0.4 is 15.0 Å². The summed E-state index contributed by atoms with van der Waals surface area (Å²) in [5.74, 6) is 1.25. The highest BCUT2D eigenvalue weighted by Gasteiger charge is 2.18. The SMILES string of the molecule is O=C(NO[C@@H]1CCCCO1)c1ccc(-c2ccn(Cc3ccc4c(c3)OCO4)n2)s1. The number of carbonyl (C=O) groups is 1. The van der Waals surface area contributed by atoms with Gasteiger partial charge in [0.05, 0.1) is 16.3 Å². The van der Waals surface area contributed by atoms with E-state index in [0.717, 1.165) is 46.9 Å². The number of fused-ring (bicyclic) bond motifs is 1. The second-order valence-corrected chi connectivity index (χ2v) is 8.18. The van der Waals surface area contributed by atoms with E-state index < -0.39 is 0 Å². The number of nitrogens with one attached hydrogen (secondary N) is 1. The Kier molecular flexibility index (Phi) is 5.39. The molecule has 156 valence electrons. The van der Waals surface area contributed by atoms with Crippen LogP contribution in [0.5, 0.6) is 11.5 Å². The zero-order chi connectivity index (χ0) is 20.3. The van der Waals surface area contributed by atoms with Crippen molar-refractivity contribution >= 4 is 17.2 Å². The Balaban J connectivity index is 1.21. The number of carbonyl (C=O) groups excluding carboxylic acids is 1. The summed E-state index contributed by atoms with van der Waals surface area (Å²) in [4.78, 5) is 19.2. The fourth-order valence-corrected chi connectivity index (χ4v) is 4.24. The molecule has 3 aromatic rings. The second kappa shape index (κ2) is 8.47. The third-order valence-electron chi connectivity index (χ3n) is 4.93. The summed E-state index contributed by atoms with van der Waals surface area (Å²) in [7, 11) is 0. The molecule has 1 amide bonds. The van der Waals surface area contributed by atoms with Gasteiger partial charge in [-0.1, -0.05) is 6.07 Å². The highest BCUT2D eigenvalue weighted by atomic mass is 32.1. The molecule has 0 unspecified atom stereocenters. The molecule has 0 radical (unpaired) electrons. The van der Waals surface area contributed by atoms with E-state index in [1.54, 1.807) is 6.07 Å². The van der Waals surface area contributed by atoms with E-state index in [1.807, 2.05) is 41.2 Å². The molecule has 2 aliphatic heterocycles. The Hall–Kier alpha value is -2.88. The molecule has 9 heteroatoms. The van der Waals surface area contributed by atoms with Gasteiger partial charge in [-0.25, -0.2) is 10.3 Å². The van der Waals surface area contributed by atoms with Gasteiger partial charge in [0.25, 0.3) is 5.91 Å². The van der Waals surface area contributed by atoms with Gasteiger partial charge in [-0.15, -0.1) is 11.3 Å². The van der Waals surface area contributed by atoms with Crippen molar-refractivity contribution in [3.8, 4) is 22.1 Å². The predicted octanol–water partition coefficient (Wildman–Crippen LogP) is 3.58. The van der Waals surface area contributed by atoms with Crippen LogP contribution >= 0.6 is 11.3 Å². The Morgan fingerprint density at radius 1 is 1.20 bits per heavy atom. The number of hydrogen-bond acceptors (Lipinski definition) is 7. The lowest BCUT2D eigenvalue weighted by atomic mass is 10.2. The first kappa shape index (κ1) is 19.1. The highest BCUT2D eigenvalue weighted by molar-refractivity contribution is 7.17. The molecule has 5 rings (SSSR count). The van der Waals surface area contributed by atoms with Crippen LogP contribution in [-0.2, 0) is 16.1 Å². The Morgan fingerprint density at radius 2 is 2.13 bits per heavy atom. The molecule has 1 atom stereocenters. The largest absolute Gasteiger partial charge is 0.454 e. The zero-order valence-electron chi connectivity index (χ0n) is 16.2. The normalized spacial score (nSPS) is 17.8. The lowest BCUT2D eigenvalue weighted by molar-refractivity contribution is -0.186. The van der Waals surface area contributed by atoms with E-state index in [0.29, 0.717) is 18.0 Å². The minimum Gasteiger partial charge on any atom is -0.454 e. The summed E-state index contributed by atoms with van der Waals surface area (Å²) >= 11 is 1.37. The standard InChI is InChI=1S/C21H21N3O5S/c25-21(23-29-20-3-1-2-10-26-20)19-7-6-18(30-19)15-8-9-24(22-15)12-14-4-5-16-17(11-14)28-13-27-16/h4-9,11,20H,1-3,10,12-13H2,(H,23,25)/t20-/m1/s1. The zero-order valence-corrected chi connectivity index (χ0v) is 17.0. The van der Waals surface area contributed by atoms with Gasteiger partial charge >= 0.3 is 0 Å². The van der Waals surface area contributed by atoms with Crippen molar-refractivity contribution in [2.45, 2.75) is 32.1 Å². The van der Waals surface area contributed by atoms with Crippen molar-refractivity contribution in [1.29, 1.82) is 0 Å². The average Bonchev–Trinajstić information content (AvgIpc) is 3.52. The topological polar surface area (TPSA) is 83.8 Å². The lowest BCUT2D eigenvalue weighted by Gasteiger charge is -2.21. The third-order valence-corrected chi connectivity index (χ3v) is 6.03. The first-order valence-electron chi connectivity index (χ1n) is 9.84. The molecular formula is C21H21N3O5S. The van der Waals surface area contributed by atoms with Gasteiger partial charge in [-0.05, 0) is 48.7 Å². The number of amides is 1. The minimum atomic E-state index is -0.367. The Labute approximate surface area is 177 Å². The molecule has 30 heavy (non-hydrogen) atoms. The van der Waals surface area contributed by atoms with E-state index in [2.05, 4.69) is 10.6 Å². The summed E-state index contributed by atoms with van der Waals surface area (Å²) in [6.45, 7) is 1.54. The Bertz CT molecular complexity index is 1040. The summed E-state index contributed by atoms with van der Waals surface area (Å²) in [6, 6.07) is 11.5. The lowest BCUT2D eigenvalue weighted by Crippen LogP contribution is -2.32. The van der Waals surface area contributed by atoms with Crippen LogP contribution in [0.25, 0.3) is 10.6 Å². The number of thiophene rings is 1. The van der Waals surface area contributed by atoms with E-state index >= 15 is 0 Å². The predicted molar refractivity (Wildman–Crippen MR) is 109 cm³/mol. The number of benzene rings is 1. The first-order valence-corrected chi connectivity index (χ1v) is 10.7. The quantitative estimate of drug-likeness (QED) is 0.606. The first-order chi connectivity index (χ1) is 14.7. The van der Waals surface area contributed by atoms with Crippen molar-refractivity contribution in [3.05, 3.63) is 53.0 Å². The summed E-state index contributed by atoms with van der Waals surface area (Å²) < 4.78 is 18.1. The molecule has 8 nitrogen and oxygen atoms in total. The van der Waals surface area contributed by atoms with Gasteiger partial charge < -0.3 is 14.2 Å². The molecule has 1 saturated heterocycles. The van der Waals surface area contributed by atoms with E-state index in [4.69, 9.17) is 19.0 Å². The van der Waals surface area contributed by atoms with Crippen LogP contribution in [0.1, 0.15) is 34.5 Å². The molecule has 1 N–H and O–H groups in total. The van der Waals surface area contributed by atoms with Gasteiger partial charge in [0.2, 0.25) is 6.79 Å². The number of hydroxylamine groups is 1. The monoisotopic (exact) mass is 427 g/mol. The third kappa shape index (κ3) is 4.18. The smallest absolute Gasteiger partial charge is 0.285 e. The molecule has 2 aromatic heterocycles. The van der Waals surface area contributed by atoms with E-state index in [-0.39, 0.29) is 19.0 Å². The molecule has 0 bridgehead atoms. The molecule has 1 aromatic carbocycles. The van der Waals surface area contributed by atoms with Crippen LogP contribution in [0.3, 0.4) is 0 Å². The van der Waals surface area contributed by atoms with Crippen LogP contribution in [0.4, 0.5) is 0 Å². The van der Waals surface area contributed by atoms with Crippen molar-refractivity contribution in [2.75, 3.05) is 13.4 Å². The van der Waals surface area contributed by atoms with Crippen LogP contribution in [0.2, 0.25) is 0 Å². The van der Waals surface area contributed by atoms with Crippen LogP contribution in [0.15, 0.2) is 42.6 Å². The highest BCUT2D eigenvalue weighted by Crippen LogP contribution is 2.33. The summed E-state index contributed by atoms with van der Waals surface area (Å²) in [5, 5.41) is 4.63. The maximum Gasteiger partial charge on any atom is 0.285 e. The van der Waals surface area contributed by atoms with Crippen molar-refractivity contribution in [2.24, 2.45) is 0 Å². The Morgan fingerprint density at radius 3 is 3.03 bits per heavy atom. The number of ether oxygens (including phenoxy) is 3. The van der Waals surface area contributed by atoms with Crippen molar-refractivity contribution < 1.29 is 23.8 Å². The van der Waals surface area contributed by atoms with Gasteiger partial charge in [-0.3, -0.25) is 9.48 Å². The molecule has 2 aliphatic rings. The van der Waals surface area contributed by atoms with Crippen molar-refractivity contribution in [3.63, 3.8) is 0 Å². The molecule has 4 heterocycles. The summed E-state index contributed by atoms with van der Waals surface area (Å²) in [6.07, 6.45) is 4.41.